The normalized spacial score (nSPS) is 11.5. The first-order chi connectivity index (χ1) is 3.81. The number of aldehydes is 1. The highest BCUT2D eigenvalue weighted by Crippen LogP contribution is 1.83. The fourth-order valence-electron chi connectivity index (χ4n) is 0.217. The van der Waals surface area contributed by atoms with Crippen molar-refractivity contribution >= 4 is 6.29 Å². The lowest BCUT2D eigenvalue weighted by Gasteiger charge is -1.85. The maximum Gasteiger partial charge on any atom is 0.145 e. The van der Waals surface area contributed by atoms with Gasteiger partial charge >= 0.3 is 0 Å². The Labute approximate surface area is 47.5 Å². The van der Waals surface area contributed by atoms with E-state index >= 15 is 0 Å². The minimum Gasteiger partial charge on any atom is -0.298 e. The van der Waals surface area contributed by atoms with Crippen molar-refractivity contribution in [2.24, 2.45) is 0 Å². The van der Waals surface area contributed by atoms with Crippen molar-refractivity contribution in [3.8, 4) is 0 Å². The largest absolute Gasteiger partial charge is 0.298 e. The second-order valence-corrected chi connectivity index (χ2v) is 1.36. The molecule has 1 N–H and O–H groups in total. The van der Waals surface area contributed by atoms with E-state index in [-0.39, 0.29) is 6.61 Å². The molecule has 0 aliphatic carbocycles. The van der Waals surface area contributed by atoms with Gasteiger partial charge in [-0.3, -0.25) is 10.1 Å². The first-order valence-corrected chi connectivity index (χ1v) is 2.19. The molecule has 0 radical (unpaired) electrons. The molecule has 0 saturated carbocycles. The summed E-state index contributed by atoms with van der Waals surface area (Å²) in [4.78, 5) is 13.5. The second-order valence-electron chi connectivity index (χ2n) is 1.36. The van der Waals surface area contributed by atoms with E-state index in [0.29, 0.717) is 11.9 Å². The van der Waals surface area contributed by atoms with Gasteiger partial charge in [-0.2, -0.15) is 0 Å². The zero-order chi connectivity index (χ0) is 6.41. The van der Waals surface area contributed by atoms with Crippen LogP contribution in [0.25, 0.3) is 0 Å². The Morgan fingerprint density at radius 2 is 2.50 bits per heavy atom. The van der Waals surface area contributed by atoms with Gasteiger partial charge in [0.2, 0.25) is 0 Å². The Bertz CT molecular complexity index is 95.8. The van der Waals surface area contributed by atoms with Crippen LogP contribution < -0.4 is 0 Å². The van der Waals surface area contributed by atoms with E-state index in [2.05, 4.69) is 4.89 Å². The van der Waals surface area contributed by atoms with Gasteiger partial charge in [-0.05, 0) is 18.6 Å². The zero-order valence-corrected chi connectivity index (χ0v) is 4.63. The average molecular weight is 116 g/mol. The van der Waals surface area contributed by atoms with Crippen LogP contribution in [0, 0.1) is 0 Å². The van der Waals surface area contributed by atoms with E-state index in [9.17, 15) is 4.79 Å². The monoisotopic (exact) mass is 116 g/mol. The molecule has 0 unspecified atom stereocenters. The predicted octanol–water partition coefficient (Wildman–Crippen LogP) is 0.621. The molecule has 0 aromatic carbocycles. The Balaban J connectivity index is 3.40. The lowest BCUT2D eigenvalue weighted by molar-refractivity contribution is -0.232. The quantitative estimate of drug-likeness (QED) is 0.254. The molecule has 0 amide bonds. The predicted molar refractivity (Wildman–Crippen MR) is 28.4 cm³/mol. The molecule has 0 aromatic rings. The summed E-state index contributed by atoms with van der Waals surface area (Å²) in [5.41, 5.74) is 0.555. The van der Waals surface area contributed by atoms with Gasteiger partial charge in [0, 0.05) is 0 Å². The highest BCUT2D eigenvalue weighted by Gasteiger charge is 1.80. The van der Waals surface area contributed by atoms with Crippen molar-refractivity contribution < 1.29 is 14.9 Å². The van der Waals surface area contributed by atoms with Crippen LogP contribution in [0.15, 0.2) is 11.6 Å². The molecule has 8 heavy (non-hydrogen) atoms. The molecule has 46 valence electrons. The van der Waals surface area contributed by atoms with E-state index in [1.54, 1.807) is 6.92 Å². The smallest absolute Gasteiger partial charge is 0.145 e. The minimum atomic E-state index is 0.0740. The van der Waals surface area contributed by atoms with Crippen molar-refractivity contribution in [2.75, 3.05) is 6.61 Å². The highest BCUT2D eigenvalue weighted by atomic mass is 17.1. The van der Waals surface area contributed by atoms with E-state index in [4.69, 9.17) is 5.26 Å². The second kappa shape index (κ2) is 4.49. The van der Waals surface area contributed by atoms with Gasteiger partial charge in [-0.1, -0.05) is 0 Å². The molecule has 0 aromatic heterocycles. The van der Waals surface area contributed by atoms with Crippen molar-refractivity contribution in [1.29, 1.82) is 0 Å². The molecule has 0 bridgehead atoms. The van der Waals surface area contributed by atoms with E-state index in [1.165, 1.54) is 6.08 Å². The average Bonchev–Trinajstić information content (AvgIpc) is 1.83. The van der Waals surface area contributed by atoms with Crippen LogP contribution in [0.4, 0.5) is 0 Å². The van der Waals surface area contributed by atoms with Crippen molar-refractivity contribution in [1.82, 2.24) is 0 Å². The number of rotatable bonds is 3. The lowest BCUT2D eigenvalue weighted by Crippen LogP contribution is -1.85. The van der Waals surface area contributed by atoms with Gasteiger partial charge in [0.1, 0.15) is 12.9 Å². The van der Waals surface area contributed by atoms with Crippen molar-refractivity contribution in [3.63, 3.8) is 0 Å². The zero-order valence-electron chi connectivity index (χ0n) is 4.63. The maximum absolute atomic E-state index is 9.81. The van der Waals surface area contributed by atoms with E-state index in [1.807, 2.05) is 0 Å². The molecule has 3 nitrogen and oxygen atoms in total. The summed E-state index contributed by atoms with van der Waals surface area (Å²) in [6.07, 6.45) is 2.17. The number of carbonyl (C=O) groups is 1. The maximum atomic E-state index is 9.81. The van der Waals surface area contributed by atoms with Gasteiger partial charge in [-0.15, -0.1) is 0 Å². The Hall–Kier alpha value is -0.670. The van der Waals surface area contributed by atoms with Crippen LogP contribution in [0.3, 0.4) is 0 Å². The van der Waals surface area contributed by atoms with Gasteiger partial charge in [0.25, 0.3) is 0 Å². The molecular weight excluding hydrogens is 108 g/mol. The third-order valence-electron chi connectivity index (χ3n) is 0.666. The molecule has 0 saturated heterocycles. The van der Waals surface area contributed by atoms with Crippen molar-refractivity contribution in [3.05, 3.63) is 11.6 Å². The molecule has 0 fully saturated rings. The van der Waals surface area contributed by atoms with Gasteiger partial charge < -0.3 is 0 Å². The van der Waals surface area contributed by atoms with E-state index in [0.717, 1.165) is 0 Å². The highest BCUT2D eigenvalue weighted by molar-refractivity contribution is 5.71. The van der Waals surface area contributed by atoms with Gasteiger partial charge in [0.15, 0.2) is 0 Å². The number of carbonyl (C=O) groups excluding carboxylic acids is 1. The van der Waals surface area contributed by atoms with Crippen LogP contribution in [0.2, 0.25) is 0 Å². The molecule has 3 heteroatoms. The van der Waals surface area contributed by atoms with Crippen LogP contribution in [-0.4, -0.2) is 18.2 Å². The van der Waals surface area contributed by atoms with Gasteiger partial charge in [-0.25, -0.2) is 4.89 Å². The Morgan fingerprint density at radius 1 is 1.88 bits per heavy atom. The molecule has 0 aliphatic rings. The summed E-state index contributed by atoms with van der Waals surface area (Å²) < 4.78 is 0. The first kappa shape index (κ1) is 7.33. The molecular formula is C5H8O3. The van der Waals surface area contributed by atoms with Crippen LogP contribution in [0.5, 0.6) is 0 Å². The third-order valence-corrected chi connectivity index (χ3v) is 0.666. The molecule has 0 rings (SSSR count). The SMILES string of the molecule is C/C(C=O)=C\COO. The number of hydrogen-bond acceptors (Lipinski definition) is 3. The lowest BCUT2D eigenvalue weighted by atomic mass is 10.3. The minimum absolute atomic E-state index is 0.0740. The summed E-state index contributed by atoms with van der Waals surface area (Å²) in [5, 5.41) is 7.75. The summed E-state index contributed by atoms with van der Waals surface area (Å²) >= 11 is 0. The summed E-state index contributed by atoms with van der Waals surface area (Å²) in [6.45, 7) is 1.70. The summed E-state index contributed by atoms with van der Waals surface area (Å²) in [5.74, 6) is 0. The van der Waals surface area contributed by atoms with Gasteiger partial charge in [0.05, 0.1) is 0 Å². The molecule has 0 heterocycles. The molecule has 0 aliphatic heterocycles. The Morgan fingerprint density at radius 3 is 2.88 bits per heavy atom. The third kappa shape index (κ3) is 3.52. The fraction of sp³-hybridized carbons (Fsp3) is 0.400. The number of allylic oxidation sites excluding steroid dienone is 1. The first-order valence-electron chi connectivity index (χ1n) is 2.19. The van der Waals surface area contributed by atoms with Crippen LogP contribution in [0.1, 0.15) is 6.92 Å². The summed E-state index contributed by atoms with van der Waals surface area (Å²) in [6, 6.07) is 0. The van der Waals surface area contributed by atoms with Crippen molar-refractivity contribution in [2.45, 2.75) is 6.92 Å². The topological polar surface area (TPSA) is 46.5 Å². The number of hydrogen-bond donors (Lipinski definition) is 1. The van der Waals surface area contributed by atoms with E-state index < -0.39 is 0 Å². The fourth-order valence-corrected chi connectivity index (χ4v) is 0.217. The molecule has 0 spiro atoms. The van der Waals surface area contributed by atoms with Crippen LogP contribution in [-0.2, 0) is 9.68 Å². The Kier molecular flexibility index (Phi) is 4.11. The molecule has 0 atom stereocenters. The van der Waals surface area contributed by atoms with Crippen LogP contribution >= 0.6 is 0 Å². The summed E-state index contributed by atoms with van der Waals surface area (Å²) in [7, 11) is 0. The standard InChI is InChI=1S/C5H8O3/c1-5(4-6)2-3-8-7/h2,4,7H,3H2,1H3/b5-2+.